The molecule has 0 aliphatic rings. The van der Waals surface area contributed by atoms with E-state index in [9.17, 15) is 19.4 Å². The minimum atomic E-state index is -4.47. The molecule has 0 heterocycles. The maximum Gasteiger partial charge on any atom is 0.472 e. The smallest absolute Gasteiger partial charge is 0.472 e. The minimum absolute atomic E-state index is 0.00824. The first-order chi connectivity index (χ1) is 15.5. The molecule has 0 saturated heterocycles. The van der Waals surface area contributed by atoms with Gasteiger partial charge in [0.1, 0.15) is 12.7 Å². The fourth-order valence-corrected chi connectivity index (χ4v) is 4.33. The van der Waals surface area contributed by atoms with Crippen LogP contribution in [0.3, 0.4) is 0 Å². The van der Waals surface area contributed by atoms with Crippen molar-refractivity contribution in [2.24, 2.45) is 0 Å². The van der Waals surface area contributed by atoms with Crippen LogP contribution in [0.1, 0.15) is 90.4 Å². The molecule has 33 heavy (non-hydrogen) atoms. The summed E-state index contributed by atoms with van der Waals surface area (Å²) in [6.07, 6.45) is 12.3. The van der Waals surface area contributed by atoms with Crippen LogP contribution in [0.25, 0.3) is 0 Å². The second-order valence-corrected chi connectivity index (χ2v) is 10.9. The molecule has 0 bridgehead atoms. The third-order valence-corrected chi connectivity index (χ3v) is 6.38. The van der Waals surface area contributed by atoms with Crippen molar-refractivity contribution in [3.63, 3.8) is 0 Å². The van der Waals surface area contributed by atoms with Crippen LogP contribution in [-0.2, 0) is 23.1 Å². The van der Waals surface area contributed by atoms with Crippen LogP contribution in [-0.4, -0.2) is 62.0 Å². The molecule has 0 aromatic rings. The fourth-order valence-electron chi connectivity index (χ4n) is 3.39. The number of phosphoric acid groups is 1. The Kier molecular flexibility index (Phi) is 18.1. The fraction of sp³-hybridized carbons (Fsp3) is 0.875. The van der Waals surface area contributed by atoms with Gasteiger partial charge in [-0.3, -0.25) is 13.8 Å². The van der Waals surface area contributed by atoms with Gasteiger partial charge in [-0.15, -0.1) is 0 Å². The van der Waals surface area contributed by atoms with E-state index >= 15 is 0 Å². The van der Waals surface area contributed by atoms with Crippen LogP contribution in [0.2, 0.25) is 0 Å². The molecule has 3 atom stereocenters. The Balaban J connectivity index is 4.20. The van der Waals surface area contributed by atoms with E-state index in [1.165, 1.54) is 57.4 Å². The molecule has 0 amide bonds. The molecular weight excluding hydrogens is 445 g/mol. The van der Waals surface area contributed by atoms with Gasteiger partial charge in [0.25, 0.3) is 0 Å². The monoisotopic (exact) mass is 493 g/mol. The second kappa shape index (κ2) is 18.6. The standard InChI is InChI=1S/C24H48NO7P/c1-6-8-9-10-11-12-13-14-15-16-17-18-20-31-33(28,29)32-22(24(27)25(3,4)5)21-23(26)30-19-7-2/h7,22,24H,2,6,8-21H2,1,3-5H3,(H,28,29)/t22-,24?/m1/s1. The van der Waals surface area contributed by atoms with E-state index in [4.69, 9.17) is 13.8 Å². The number of hydrogen-bond donors (Lipinski definition) is 1. The lowest BCUT2D eigenvalue weighted by molar-refractivity contribution is -0.973. The van der Waals surface area contributed by atoms with E-state index in [2.05, 4.69) is 13.5 Å². The van der Waals surface area contributed by atoms with Crippen molar-refractivity contribution in [2.75, 3.05) is 34.4 Å². The molecule has 0 fully saturated rings. The van der Waals surface area contributed by atoms with Crippen molar-refractivity contribution in [1.29, 1.82) is 0 Å². The van der Waals surface area contributed by atoms with Gasteiger partial charge in [0.05, 0.1) is 34.2 Å². The van der Waals surface area contributed by atoms with Crippen molar-refractivity contribution < 1.29 is 37.6 Å². The van der Waals surface area contributed by atoms with Crippen molar-refractivity contribution in [2.45, 2.75) is 103 Å². The Morgan fingerprint density at radius 1 is 1.00 bits per heavy atom. The molecule has 8 nitrogen and oxygen atoms in total. The summed E-state index contributed by atoms with van der Waals surface area (Å²) in [6, 6.07) is 0. The average Bonchev–Trinajstić information content (AvgIpc) is 2.73. The van der Waals surface area contributed by atoms with Crippen LogP contribution in [0, 0.1) is 0 Å². The van der Waals surface area contributed by atoms with Crippen LogP contribution in [0.4, 0.5) is 0 Å². The highest BCUT2D eigenvalue weighted by Gasteiger charge is 2.34. The zero-order valence-corrected chi connectivity index (χ0v) is 22.2. The van der Waals surface area contributed by atoms with Crippen LogP contribution >= 0.6 is 7.82 Å². The number of carbonyl (C=O) groups excluding carboxylic acids is 1. The Labute approximate surface area is 201 Å². The number of quaternary nitrogens is 1. The van der Waals surface area contributed by atoms with Gasteiger partial charge in [0.2, 0.25) is 0 Å². The number of unbranched alkanes of at least 4 members (excludes halogenated alkanes) is 11. The second-order valence-electron chi connectivity index (χ2n) is 9.52. The Morgan fingerprint density at radius 3 is 1.94 bits per heavy atom. The molecule has 2 unspecified atom stereocenters. The summed E-state index contributed by atoms with van der Waals surface area (Å²) >= 11 is 0. The zero-order chi connectivity index (χ0) is 25.2. The molecule has 0 rings (SSSR count). The van der Waals surface area contributed by atoms with Crippen LogP contribution in [0.5, 0.6) is 0 Å². The maximum atomic E-state index is 12.7. The van der Waals surface area contributed by atoms with Gasteiger partial charge in [0.15, 0.2) is 0 Å². The zero-order valence-electron chi connectivity index (χ0n) is 21.3. The lowest BCUT2D eigenvalue weighted by atomic mass is 10.1. The molecule has 0 radical (unpaired) electrons. The lowest BCUT2D eigenvalue weighted by Crippen LogP contribution is -2.60. The maximum absolute atomic E-state index is 12.7. The average molecular weight is 494 g/mol. The van der Waals surface area contributed by atoms with Gasteiger partial charge in [-0.2, -0.15) is 0 Å². The molecule has 0 aliphatic heterocycles. The first-order valence-corrected chi connectivity index (χ1v) is 13.9. The highest BCUT2D eigenvalue weighted by Crippen LogP contribution is 2.46. The van der Waals surface area contributed by atoms with Crippen LogP contribution in [0.15, 0.2) is 12.7 Å². The SMILES string of the molecule is C=CCOC(=O)C[C@@H](OP(=O)(O)OCCCCCCCCCCCCCC)C([O-])[N+](C)(C)C. The predicted molar refractivity (Wildman–Crippen MR) is 129 cm³/mol. The third-order valence-electron chi connectivity index (χ3n) is 5.33. The minimum Gasteiger partial charge on any atom is -0.804 e. The molecule has 196 valence electrons. The molecule has 0 aromatic heterocycles. The van der Waals surface area contributed by atoms with E-state index < -0.39 is 32.5 Å². The van der Waals surface area contributed by atoms with E-state index in [0.29, 0.717) is 6.42 Å². The number of nitrogens with zero attached hydrogens (tertiary/aromatic N) is 1. The topological polar surface area (TPSA) is 105 Å². The highest BCUT2D eigenvalue weighted by atomic mass is 31.2. The highest BCUT2D eigenvalue weighted by molar-refractivity contribution is 7.47. The van der Waals surface area contributed by atoms with Crippen molar-refractivity contribution in [3.8, 4) is 0 Å². The first-order valence-electron chi connectivity index (χ1n) is 12.4. The van der Waals surface area contributed by atoms with Gasteiger partial charge in [0, 0.05) is 6.23 Å². The number of likely N-dealkylation sites (N-methyl/N-ethyl adjacent to an activating group) is 1. The molecule has 0 aliphatic carbocycles. The summed E-state index contributed by atoms with van der Waals surface area (Å²) in [5, 5.41) is 12.7. The van der Waals surface area contributed by atoms with E-state index in [0.717, 1.165) is 19.3 Å². The van der Waals surface area contributed by atoms with Crippen molar-refractivity contribution in [1.82, 2.24) is 0 Å². The molecule has 0 aromatic carbocycles. The quantitative estimate of drug-likeness (QED) is 0.0582. The van der Waals surface area contributed by atoms with E-state index in [-0.39, 0.29) is 17.7 Å². The Hall–Kier alpha value is -0.760. The summed E-state index contributed by atoms with van der Waals surface area (Å²) in [6.45, 7) is 5.74. The number of hydrogen-bond acceptors (Lipinski definition) is 6. The van der Waals surface area contributed by atoms with Crippen molar-refractivity contribution in [3.05, 3.63) is 12.7 Å². The van der Waals surface area contributed by atoms with E-state index in [1.54, 1.807) is 21.1 Å². The Bertz CT molecular complexity index is 566. The van der Waals surface area contributed by atoms with E-state index in [1.807, 2.05) is 0 Å². The Morgan fingerprint density at radius 2 is 1.48 bits per heavy atom. The number of phosphoric ester groups is 1. The molecule has 9 heteroatoms. The van der Waals surface area contributed by atoms with Crippen LogP contribution < -0.4 is 5.11 Å². The summed E-state index contributed by atoms with van der Waals surface area (Å²) in [5.41, 5.74) is 0. The van der Waals surface area contributed by atoms with Gasteiger partial charge < -0.3 is 19.2 Å². The number of esters is 1. The molecular formula is C24H48NO7P. The summed E-state index contributed by atoms with van der Waals surface area (Å²) in [5.74, 6) is -0.699. The predicted octanol–water partition coefficient (Wildman–Crippen LogP) is 4.70. The van der Waals surface area contributed by atoms with Crippen molar-refractivity contribution >= 4 is 13.8 Å². The van der Waals surface area contributed by atoms with Gasteiger partial charge in [-0.25, -0.2) is 4.57 Å². The van der Waals surface area contributed by atoms with Gasteiger partial charge in [-0.05, 0) is 6.42 Å². The summed E-state index contributed by atoms with van der Waals surface area (Å²) in [4.78, 5) is 22.0. The summed E-state index contributed by atoms with van der Waals surface area (Å²) in [7, 11) is 0.397. The number of ether oxygens (including phenoxy) is 1. The first kappa shape index (κ1) is 32.2. The lowest BCUT2D eigenvalue weighted by Gasteiger charge is -2.42. The molecule has 0 saturated carbocycles. The molecule has 1 N–H and O–H groups in total. The van der Waals surface area contributed by atoms with Gasteiger partial charge in [-0.1, -0.05) is 90.2 Å². The molecule has 0 spiro atoms. The summed E-state index contributed by atoms with van der Waals surface area (Å²) < 4.78 is 27.3. The normalized spacial score (nSPS) is 15.6. The van der Waals surface area contributed by atoms with Gasteiger partial charge >= 0.3 is 13.8 Å². The third kappa shape index (κ3) is 18.3. The largest absolute Gasteiger partial charge is 0.804 e. The number of rotatable bonds is 22. The number of carbonyl (C=O) groups is 1.